The number of methoxy groups -OCH3 is 1. The lowest BCUT2D eigenvalue weighted by Crippen LogP contribution is -2.30. The summed E-state index contributed by atoms with van der Waals surface area (Å²) < 4.78 is 19.8. The summed E-state index contributed by atoms with van der Waals surface area (Å²) in [6, 6.07) is 0. The molecule has 244 valence electrons. The molecule has 6 N–H and O–H groups in total. The van der Waals surface area contributed by atoms with Crippen molar-refractivity contribution >= 4 is 17.9 Å². The Balaban J connectivity index is -0.000000120. The van der Waals surface area contributed by atoms with Gasteiger partial charge in [0.2, 0.25) is 0 Å². The highest BCUT2D eigenvalue weighted by molar-refractivity contribution is 5.81. The van der Waals surface area contributed by atoms with E-state index in [0.29, 0.717) is 72.3 Å². The van der Waals surface area contributed by atoms with Gasteiger partial charge in [-0.15, -0.1) is 0 Å². The summed E-state index contributed by atoms with van der Waals surface area (Å²) in [6.07, 6.45) is 1.61. The molecule has 0 aliphatic carbocycles. The van der Waals surface area contributed by atoms with Crippen molar-refractivity contribution in [1.82, 2.24) is 10.6 Å². The minimum atomic E-state index is -0.435. The van der Waals surface area contributed by atoms with E-state index in [1.165, 1.54) is 14.2 Å². The number of carbonyl (C=O) groups is 3. The summed E-state index contributed by atoms with van der Waals surface area (Å²) >= 11 is 0. The fraction of sp³-hybridized carbons (Fsp3) is 0.800. The second-order valence-electron chi connectivity index (χ2n) is 6.41. The van der Waals surface area contributed by atoms with Gasteiger partial charge in [-0.25, -0.2) is 14.4 Å². The highest BCUT2D eigenvalue weighted by Gasteiger charge is 2.03. The maximum absolute atomic E-state index is 10.8. The summed E-state index contributed by atoms with van der Waals surface area (Å²) in [6.45, 7) is 9.59. The molecule has 0 unspecified atom stereocenters. The van der Waals surface area contributed by atoms with Crippen LogP contribution in [0.1, 0.15) is 35.1 Å². The molecule has 0 amide bonds. The molecule has 0 radical (unpaired) electrons. The molecule has 0 spiro atoms. The zero-order valence-corrected chi connectivity index (χ0v) is 22.3. The quantitative estimate of drug-likeness (QED) is 0.0442. The Bertz CT molecular complexity index is 505. The summed E-state index contributed by atoms with van der Waals surface area (Å²) in [5, 5.41) is 6.06. The number of nitrogens with one attached hydrogen (secondary N) is 2. The minimum Gasteiger partial charge on any atom is -0.460 e. The molecule has 0 aliphatic rings. The summed E-state index contributed by atoms with van der Waals surface area (Å²) in [4.78, 5) is 49.3. The van der Waals surface area contributed by atoms with Crippen molar-refractivity contribution in [3.8, 4) is 0 Å². The van der Waals surface area contributed by atoms with Crippen LogP contribution < -0.4 is 22.1 Å². The predicted molar refractivity (Wildman–Crippen MR) is 154 cm³/mol. The maximum Gasteiger partial charge on any atom is 0.343 e. The lowest BCUT2D eigenvalue weighted by molar-refractivity contribution is -0.255. The third-order valence-corrected chi connectivity index (χ3v) is 3.45. The molecule has 40 heavy (non-hydrogen) atoms. The molecule has 0 rings (SSSR count). The molecule has 0 saturated carbocycles. The van der Waals surface area contributed by atoms with Gasteiger partial charge in [0, 0.05) is 52.5 Å². The van der Waals surface area contributed by atoms with E-state index in [1.807, 2.05) is 0 Å². The first kappa shape index (κ1) is 50.6. The first-order valence-corrected chi connectivity index (χ1v) is 11.6. The van der Waals surface area contributed by atoms with Gasteiger partial charge < -0.3 is 41.0 Å². The maximum atomic E-state index is 10.8. The number of rotatable bonds is 22. The van der Waals surface area contributed by atoms with Crippen molar-refractivity contribution in [2.45, 2.75) is 35.1 Å². The molecule has 0 aromatic rings. The van der Waals surface area contributed by atoms with Crippen molar-refractivity contribution in [3.63, 3.8) is 0 Å². The fourth-order valence-electron chi connectivity index (χ4n) is 1.80. The molecule has 0 bridgehead atoms. The van der Waals surface area contributed by atoms with Crippen molar-refractivity contribution in [1.29, 1.82) is 0 Å². The average molecular weight is 591 g/mol. The average Bonchev–Trinajstić information content (AvgIpc) is 2.90. The van der Waals surface area contributed by atoms with Crippen LogP contribution in [0.5, 0.6) is 0 Å². The van der Waals surface area contributed by atoms with Crippen LogP contribution in [0.25, 0.3) is 0 Å². The molecular weight excluding hydrogens is 532 g/mol. The largest absolute Gasteiger partial charge is 0.460 e. The first-order valence-electron chi connectivity index (χ1n) is 11.6. The second kappa shape index (κ2) is 46.6. The number of hydrogen-bond acceptors (Lipinski definition) is 15. The highest BCUT2D eigenvalue weighted by Crippen LogP contribution is 1.85. The predicted octanol–water partition coefficient (Wildman–Crippen LogP) is 0.362. The van der Waals surface area contributed by atoms with Gasteiger partial charge in [-0.3, -0.25) is 9.78 Å². The normalized spacial score (nSPS) is 9.03. The lowest BCUT2D eigenvalue weighted by Gasteiger charge is -2.05. The monoisotopic (exact) mass is 590 g/mol. The van der Waals surface area contributed by atoms with Crippen LogP contribution in [0.2, 0.25) is 0 Å². The molecule has 0 aromatic carbocycles. The lowest BCUT2D eigenvalue weighted by atomic mass is 10.4. The smallest absolute Gasteiger partial charge is 0.343 e. The number of ether oxygens (including phenoxy) is 4. The van der Waals surface area contributed by atoms with E-state index >= 15 is 0 Å². The molecule has 15 heteroatoms. The Hall–Kier alpha value is -2.21. The summed E-state index contributed by atoms with van der Waals surface area (Å²) in [5.41, 5.74) is 9.81. The first-order chi connectivity index (χ1) is 17.9. The van der Waals surface area contributed by atoms with Gasteiger partial charge in [-0.1, -0.05) is 28.9 Å². The molecule has 0 aromatic heterocycles. The Labute approximate surface area is 241 Å². The van der Waals surface area contributed by atoms with Crippen molar-refractivity contribution in [3.05, 3.63) is 12.7 Å². The molecule has 0 saturated heterocycles. The third-order valence-electron chi connectivity index (χ3n) is 3.45. The standard InChI is InChI=1S/C10H20N2O6.C10H18O5.C2H8N2.3CH4/c1-15-17-9(13)3-5-11-7-8-12-6-4-10(14)18-16-2;1-3-10(11)15-9-8-14-7-6-13-5-4-12-2;3-1-2-4;;;/h11-12H,3-8H2,1-2H3;3H,1,4-9H2,2H3;1-4H2;3*1H4. The molecule has 0 aliphatic heterocycles. The Kier molecular flexibility index (Phi) is 59.0. The topological polar surface area (TPSA) is 201 Å². The van der Waals surface area contributed by atoms with Gasteiger partial charge in [-0.05, 0) is 0 Å². The van der Waals surface area contributed by atoms with Crippen molar-refractivity contribution < 1.29 is 52.9 Å². The van der Waals surface area contributed by atoms with E-state index in [4.69, 9.17) is 30.4 Å². The Morgan fingerprint density at radius 2 is 1.07 bits per heavy atom. The van der Waals surface area contributed by atoms with E-state index in [9.17, 15) is 14.4 Å². The van der Waals surface area contributed by atoms with Crippen molar-refractivity contribution in [2.75, 3.05) is 100 Å². The molecule has 0 fully saturated rings. The number of nitrogens with two attached hydrogens (primary N) is 2. The van der Waals surface area contributed by atoms with Crippen molar-refractivity contribution in [2.24, 2.45) is 11.5 Å². The van der Waals surface area contributed by atoms with Crippen LogP contribution in [0.4, 0.5) is 0 Å². The van der Waals surface area contributed by atoms with E-state index in [2.05, 4.69) is 36.8 Å². The molecule has 0 atom stereocenters. The number of esters is 1. The Morgan fingerprint density at radius 3 is 1.43 bits per heavy atom. The van der Waals surface area contributed by atoms with Crippen LogP contribution >= 0.6 is 0 Å². The van der Waals surface area contributed by atoms with E-state index in [0.717, 1.165) is 6.08 Å². The van der Waals surface area contributed by atoms with Gasteiger partial charge in [-0.2, -0.15) is 9.78 Å². The van der Waals surface area contributed by atoms with E-state index < -0.39 is 17.9 Å². The summed E-state index contributed by atoms with van der Waals surface area (Å²) in [7, 11) is 4.18. The molecule has 15 nitrogen and oxygen atoms in total. The number of hydrogen-bond donors (Lipinski definition) is 4. The third kappa shape index (κ3) is 52.3. The van der Waals surface area contributed by atoms with Gasteiger partial charge in [0.25, 0.3) is 0 Å². The van der Waals surface area contributed by atoms with Crippen LogP contribution in [0.3, 0.4) is 0 Å². The zero-order valence-electron chi connectivity index (χ0n) is 22.3. The highest BCUT2D eigenvalue weighted by atomic mass is 17.2. The zero-order chi connectivity index (χ0) is 28.4. The fourth-order valence-corrected chi connectivity index (χ4v) is 1.80. The van der Waals surface area contributed by atoms with Crippen LogP contribution in [0.15, 0.2) is 12.7 Å². The second-order valence-corrected chi connectivity index (χ2v) is 6.41. The van der Waals surface area contributed by atoms with Crippen LogP contribution in [-0.4, -0.2) is 118 Å². The van der Waals surface area contributed by atoms with Gasteiger partial charge >= 0.3 is 17.9 Å². The molecule has 0 heterocycles. The number of carbonyl (C=O) groups excluding carboxylic acids is 3. The van der Waals surface area contributed by atoms with Crippen LogP contribution in [-0.2, 0) is 52.9 Å². The Morgan fingerprint density at radius 1 is 0.675 bits per heavy atom. The van der Waals surface area contributed by atoms with Gasteiger partial charge in [0.15, 0.2) is 0 Å². The van der Waals surface area contributed by atoms with E-state index in [1.54, 1.807) is 7.11 Å². The van der Waals surface area contributed by atoms with Crippen LogP contribution in [0, 0.1) is 0 Å². The SMILES string of the molecule is C.C.C.C=CC(=O)OCCOCCOCCOC.COOC(=O)CCNCCNCCC(=O)OOC.NCCN. The summed E-state index contributed by atoms with van der Waals surface area (Å²) in [5.74, 6) is -1.27. The minimum absolute atomic E-state index is 0. The van der Waals surface area contributed by atoms with E-state index in [-0.39, 0.29) is 41.7 Å². The van der Waals surface area contributed by atoms with Gasteiger partial charge in [0.05, 0.1) is 60.1 Å². The van der Waals surface area contributed by atoms with Gasteiger partial charge in [0.1, 0.15) is 6.61 Å². The molecular formula is C25H58N4O11.